The fourth-order valence-electron chi connectivity index (χ4n) is 3.01. The van der Waals surface area contributed by atoms with E-state index in [-0.39, 0.29) is 22.3 Å². The number of morpholine rings is 1. The minimum atomic E-state index is -0.688. The van der Waals surface area contributed by atoms with E-state index in [1.54, 1.807) is 19.1 Å². The molecule has 1 aliphatic rings. The minimum Gasteiger partial charge on any atom is -0.378 e. The number of amides is 1. The van der Waals surface area contributed by atoms with Crippen molar-refractivity contribution in [3.8, 4) is 12.1 Å². The molecule has 1 fully saturated rings. The van der Waals surface area contributed by atoms with Crippen LogP contribution in [0.15, 0.2) is 23.0 Å². The SMILES string of the molecule is CCn1c(=O)/c(=C\Nc2cccc(N3CCOCC3)n2)s/c1=C(/C#N)C(=O)NCC#N. The van der Waals surface area contributed by atoms with Crippen molar-refractivity contribution in [3.05, 3.63) is 37.7 Å². The first kappa shape index (κ1) is 22.0. The molecule has 31 heavy (non-hydrogen) atoms. The van der Waals surface area contributed by atoms with Crippen LogP contribution < -0.4 is 30.3 Å². The van der Waals surface area contributed by atoms with Crippen LogP contribution >= 0.6 is 11.3 Å². The van der Waals surface area contributed by atoms with E-state index in [9.17, 15) is 14.9 Å². The first-order valence-corrected chi connectivity index (χ1v) is 10.5. The summed E-state index contributed by atoms with van der Waals surface area (Å²) in [6.07, 6.45) is 1.52. The number of anilines is 2. The third-order valence-electron chi connectivity index (χ3n) is 4.53. The van der Waals surface area contributed by atoms with Gasteiger partial charge in [-0.3, -0.25) is 14.2 Å². The van der Waals surface area contributed by atoms with E-state index in [2.05, 4.69) is 20.5 Å². The number of aromatic nitrogens is 2. The molecule has 0 unspecified atom stereocenters. The second-order valence-electron chi connectivity index (χ2n) is 6.42. The highest BCUT2D eigenvalue weighted by Gasteiger charge is 2.15. The summed E-state index contributed by atoms with van der Waals surface area (Å²) >= 11 is 1.03. The lowest BCUT2D eigenvalue weighted by molar-refractivity contribution is -0.115. The number of nitriles is 2. The Kier molecular flexibility index (Phi) is 7.38. The lowest BCUT2D eigenvalue weighted by Gasteiger charge is -2.27. The number of carbonyl (C=O) groups excluding carboxylic acids is 1. The van der Waals surface area contributed by atoms with E-state index < -0.39 is 5.91 Å². The van der Waals surface area contributed by atoms with Gasteiger partial charge in [-0.1, -0.05) is 6.07 Å². The molecule has 2 N–H and O–H groups in total. The van der Waals surface area contributed by atoms with Crippen LogP contribution in [0.5, 0.6) is 0 Å². The summed E-state index contributed by atoms with van der Waals surface area (Å²) in [4.78, 5) is 31.7. The zero-order valence-electron chi connectivity index (χ0n) is 16.9. The third kappa shape index (κ3) is 5.09. The van der Waals surface area contributed by atoms with Crippen LogP contribution in [0, 0.1) is 22.7 Å². The van der Waals surface area contributed by atoms with Gasteiger partial charge in [0.2, 0.25) is 0 Å². The number of nitrogens with one attached hydrogen (secondary N) is 2. The Labute approximate surface area is 182 Å². The van der Waals surface area contributed by atoms with Gasteiger partial charge in [0.15, 0.2) is 5.57 Å². The molecular weight excluding hydrogens is 418 g/mol. The van der Waals surface area contributed by atoms with Crippen molar-refractivity contribution in [2.75, 3.05) is 43.1 Å². The number of rotatable bonds is 6. The Morgan fingerprint density at radius 3 is 2.81 bits per heavy atom. The topological polar surface area (TPSA) is 136 Å². The standard InChI is InChI=1S/C20H21N7O3S/c1-2-27-19(29)15(31-20(27)14(12-22)18(28)23-7-6-21)13-24-16-4-3-5-17(25-16)26-8-10-30-11-9-26/h3-5,13H,2,7-11H2,1H3,(H,23,28)(H,24,25)/b15-13+,20-14-. The Balaban J connectivity index is 1.95. The van der Waals surface area contributed by atoms with Crippen LogP contribution in [0.3, 0.4) is 0 Å². The van der Waals surface area contributed by atoms with Crippen molar-refractivity contribution in [2.24, 2.45) is 0 Å². The van der Waals surface area contributed by atoms with E-state index in [0.717, 1.165) is 30.2 Å². The van der Waals surface area contributed by atoms with Gasteiger partial charge in [-0.25, -0.2) is 4.98 Å². The predicted octanol–water partition coefficient (Wildman–Crippen LogP) is -0.675. The molecule has 0 bridgehead atoms. The molecule has 0 aromatic carbocycles. The maximum atomic E-state index is 12.8. The fraction of sp³-hybridized carbons (Fsp3) is 0.350. The summed E-state index contributed by atoms with van der Waals surface area (Å²) in [6.45, 7) is 4.65. The van der Waals surface area contributed by atoms with Gasteiger partial charge in [-0.15, -0.1) is 11.3 Å². The molecular formula is C20H21N7O3S. The fourth-order valence-corrected chi connectivity index (χ4v) is 4.09. The lowest BCUT2D eigenvalue weighted by Crippen LogP contribution is -2.36. The molecule has 0 saturated carbocycles. The summed E-state index contributed by atoms with van der Waals surface area (Å²) in [5, 5.41) is 23.4. The highest BCUT2D eigenvalue weighted by molar-refractivity contribution is 7.07. The Morgan fingerprint density at radius 1 is 1.35 bits per heavy atom. The average molecular weight is 440 g/mol. The van der Waals surface area contributed by atoms with Crippen molar-refractivity contribution < 1.29 is 9.53 Å². The minimum absolute atomic E-state index is 0.203. The molecule has 10 nitrogen and oxygen atoms in total. The van der Waals surface area contributed by atoms with Crippen LogP contribution in [0.25, 0.3) is 11.8 Å². The van der Waals surface area contributed by atoms with Crippen molar-refractivity contribution >= 4 is 40.7 Å². The van der Waals surface area contributed by atoms with Gasteiger partial charge in [0.1, 0.15) is 33.4 Å². The Hall–Kier alpha value is -3.67. The third-order valence-corrected chi connectivity index (χ3v) is 5.66. The molecule has 160 valence electrons. The largest absolute Gasteiger partial charge is 0.378 e. The number of carbonyl (C=O) groups is 1. The van der Waals surface area contributed by atoms with Gasteiger partial charge in [0, 0.05) is 25.8 Å². The van der Waals surface area contributed by atoms with Gasteiger partial charge in [0.25, 0.3) is 11.5 Å². The number of pyridine rings is 1. The van der Waals surface area contributed by atoms with E-state index in [1.165, 1.54) is 10.8 Å². The quantitative estimate of drug-likeness (QED) is 0.566. The molecule has 0 aliphatic carbocycles. The highest BCUT2D eigenvalue weighted by atomic mass is 32.1. The molecule has 1 saturated heterocycles. The molecule has 0 radical (unpaired) electrons. The van der Waals surface area contributed by atoms with Gasteiger partial charge >= 0.3 is 0 Å². The van der Waals surface area contributed by atoms with Crippen LogP contribution in [0.2, 0.25) is 0 Å². The molecule has 3 rings (SSSR count). The second-order valence-corrected chi connectivity index (χ2v) is 7.45. The van der Waals surface area contributed by atoms with Gasteiger partial charge in [0.05, 0.1) is 19.3 Å². The van der Waals surface area contributed by atoms with Gasteiger partial charge in [-0.2, -0.15) is 10.5 Å². The summed E-state index contributed by atoms with van der Waals surface area (Å²) in [6, 6.07) is 9.21. The Morgan fingerprint density at radius 2 is 2.13 bits per heavy atom. The number of thiazole rings is 1. The monoisotopic (exact) mass is 439 g/mol. The predicted molar refractivity (Wildman–Crippen MR) is 117 cm³/mol. The molecule has 0 spiro atoms. The molecule has 1 aliphatic heterocycles. The maximum Gasteiger partial charge on any atom is 0.270 e. The highest BCUT2D eigenvalue weighted by Crippen LogP contribution is 2.15. The molecule has 1 amide bonds. The molecule has 2 aromatic rings. The van der Waals surface area contributed by atoms with Gasteiger partial charge < -0.3 is 20.3 Å². The molecule has 2 aromatic heterocycles. The summed E-state index contributed by atoms with van der Waals surface area (Å²) in [5.41, 5.74) is -0.522. The second kappa shape index (κ2) is 10.4. The Bertz CT molecular complexity index is 1210. The summed E-state index contributed by atoms with van der Waals surface area (Å²) in [5.74, 6) is 0.693. The van der Waals surface area contributed by atoms with Crippen molar-refractivity contribution in [1.29, 1.82) is 10.5 Å². The number of hydrogen-bond acceptors (Lipinski definition) is 9. The maximum absolute atomic E-state index is 12.8. The van der Waals surface area contributed by atoms with Crippen LogP contribution in [0.4, 0.5) is 11.6 Å². The van der Waals surface area contributed by atoms with Crippen LogP contribution in [-0.4, -0.2) is 48.3 Å². The average Bonchev–Trinajstić information content (AvgIpc) is 3.12. The first-order valence-electron chi connectivity index (χ1n) is 9.64. The zero-order valence-corrected chi connectivity index (χ0v) is 17.7. The van der Waals surface area contributed by atoms with Crippen LogP contribution in [0.1, 0.15) is 6.92 Å². The molecule has 3 heterocycles. The molecule has 0 atom stereocenters. The van der Waals surface area contributed by atoms with Crippen LogP contribution in [-0.2, 0) is 16.1 Å². The normalized spacial score (nSPS) is 15.1. The van der Waals surface area contributed by atoms with Crippen molar-refractivity contribution in [3.63, 3.8) is 0 Å². The number of nitrogens with zero attached hydrogens (tertiary/aromatic N) is 5. The van der Waals surface area contributed by atoms with Crippen molar-refractivity contribution in [1.82, 2.24) is 14.9 Å². The van der Waals surface area contributed by atoms with E-state index >= 15 is 0 Å². The summed E-state index contributed by atoms with van der Waals surface area (Å²) < 4.78 is 7.30. The first-order chi connectivity index (χ1) is 15.1. The van der Waals surface area contributed by atoms with Gasteiger partial charge in [-0.05, 0) is 19.1 Å². The zero-order chi connectivity index (χ0) is 22.2. The van der Waals surface area contributed by atoms with Crippen molar-refractivity contribution in [2.45, 2.75) is 13.5 Å². The number of hydrogen-bond donors (Lipinski definition) is 2. The van der Waals surface area contributed by atoms with E-state index in [1.807, 2.05) is 18.2 Å². The lowest BCUT2D eigenvalue weighted by atomic mass is 10.3. The number of ether oxygens (including phenoxy) is 1. The van der Waals surface area contributed by atoms with E-state index in [4.69, 9.17) is 10.00 Å². The smallest absolute Gasteiger partial charge is 0.270 e. The van der Waals surface area contributed by atoms with E-state index in [0.29, 0.717) is 30.1 Å². The molecule has 11 heteroatoms. The summed E-state index contributed by atoms with van der Waals surface area (Å²) in [7, 11) is 0.